The molecule has 180 valence electrons. The summed E-state index contributed by atoms with van der Waals surface area (Å²) < 4.78 is 5.61. The van der Waals surface area contributed by atoms with Crippen LogP contribution in [0.5, 0.6) is 0 Å². The standard InChI is InChI=1S/C26H30N2O6/c29-13-12-23(25(31)32)28-24(30)16-6-5-7-17(14-16)27-26(33)34-15-22-20-10-3-1-8-18(20)19-9-2-4-11-21(19)22/h1-4,8-11,16-17,22-23,29H,5-7,12-15H2,(H,27,33)(H,28,30)(H,31,32). The number of aliphatic hydroxyl groups is 1. The highest BCUT2D eigenvalue weighted by atomic mass is 16.5. The summed E-state index contributed by atoms with van der Waals surface area (Å²) in [4.78, 5) is 36.4. The van der Waals surface area contributed by atoms with Crippen LogP contribution in [0.15, 0.2) is 48.5 Å². The van der Waals surface area contributed by atoms with E-state index in [0.717, 1.165) is 35.1 Å². The quantitative estimate of drug-likeness (QED) is 0.474. The first-order chi connectivity index (χ1) is 16.5. The fourth-order valence-corrected chi connectivity index (χ4v) is 5.04. The van der Waals surface area contributed by atoms with Crippen LogP contribution in [-0.4, -0.2) is 53.5 Å². The van der Waals surface area contributed by atoms with Gasteiger partial charge in [0.1, 0.15) is 12.6 Å². The van der Waals surface area contributed by atoms with Gasteiger partial charge >= 0.3 is 12.1 Å². The predicted octanol–water partition coefficient (Wildman–Crippen LogP) is 3.04. The number of carboxylic acids is 1. The van der Waals surface area contributed by atoms with Crippen molar-refractivity contribution in [3.63, 3.8) is 0 Å². The van der Waals surface area contributed by atoms with Gasteiger partial charge in [0.2, 0.25) is 5.91 Å². The molecule has 3 atom stereocenters. The number of nitrogens with one attached hydrogen (secondary N) is 2. The first-order valence-electron chi connectivity index (χ1n) is 11.7. The molecule has 8 heteroatoms. The number of rotatable bonds is 8. The lowest BCUT2D eigenvalue weighted by Crippen LogP contribution is -2.47. The maximum absolute atomic E-state index is 12.6. The largest absolute Gasteiger partial charge is 0.480 e. The van der Waals surface area contributed by atoms with Crippen molar-refractivity contribution in [2.75, 3.05) is 13.2 Å². The fourth-order valence-electron chi connectivity index (χ4n) is 5.04. The minimum Gasteiger partial charge on any atom is -0.480 e. The Morgan fingerprint density at radius 1 is 1.00 bits per heavy atom. The lowest BCUT2D eigenvalue weighted by atomic mass is 9.85. The van der Waals surface area contributed by atoms with Crippen molar-refractivity contribution >= 4 is 18.0 Å². The number of alkyl carbamates (subject to hydrolysis) is 1. The number of aliphatic hydroxyl groups excluding tert-OH is 1. The summed E-state index contributed by atoms with van der Waals surface area (Å²) in [6.07, 6.45) is 1.95. The number of ether oxygens (including phenoxy) is 1. The Balaban J connectivity index is 1.31. The smallest absolute Gasteiger partial charge is 0.407 e. The second-order valence-corrected chi connectivity index (χ2v) is 8.94. The zero-order valence-corrected chi connectivity index (χ0v) is 18.9. The van der Waals surface area contributed by atoms with Crippen LogP contribution in [0.2, 0.25) is 0 Å². The van der Waals surface area contributed by atoms with Gasteiger partial charge in [-0.1, -0.05) is 55.0 Å². The van der Waals surface area contributed by atoms with Crippen LogP contribution in [0.1, 0.15) is 49.1 Å². The van der Waals surface area contributed by atoms with Crippen LogP contribution in [0.4, 0.5) is 4.79 Å². The number of benzene rings is 2. The fraction of sp³-hybridized carbons (Fsp3) is 0.423. The molecule has 1 saturated carbocycles. The molecule has 2 aromatic carbocycles. The Kier molecular flexibility index (Phi) is 7.47. The summed E-state index contributed by atoms with van der Waals surface area (Å²) in [5.41, 5.74) is 4.60. The number of hydrogen-bond acceptors (Lipinski definition) is 5. The summed E-state index contributed by atoms with van der Waals surface area (Å²) in [6.45, 7) is -0.105. The highest BCUT2D eigenvalue weighted by Gasteiger charge is 2.32. The molecule has 4 rings (SSSR count). The summed E-state index contributed by atoms with van der Waals surface area (Å²) in [5.74, 6) is -1.96. The molecule has 0 aromatic heterocycles. The van der Waals surface area contributed by atoms with Crippen molar-refractivity contribution in [3.05, 3.63) is 59.7 Å². The van der Waals surface area contributed by atoms with Crippen LogP contribution in [-0.2, 0) is 14.3 Å². The Morgan fingerprint density at radius 3 is 2.26 bits per heavy atom. The summed E-state index contributed by atoms with van der Waals surface area (Å²) in [6, 6.07) is 14.9. The third-order valence-electron chi connectivity index (χ3n) is 6.74. The van der Waals surface area contributed by atoms with E-state index in [2.05, 4.69) is 34.9 Å². The molecule has 0 saturated heterocycles. The van der Waals surface area contributed by atoms with Crippen LogP contribution >= 0.6 is 0 Å². The lowest BCUT2D eigenvalue weighted by molar-refractivity contribution is -0.143. The molecule has 2 aliphatic rings. The van der Waals surface area contributed by atoms with Gasteiger partial charge < -0.3 is 25.6 Å². The zero-order chi connectivity index (χ0) is 24.1. The van der Waals surface area contributed by atoms with Crippen molar-refractivity contribution in [2.24, 2.45) is 5.92 Å². The molecule has 1 fully saturated rings. The molecule has 0 heterocycles. The zero-order valence-electron chi connectivity index (χ0n) is 18.9. The van der Waals surface area contributed by atoms with E-state index in [9.17, 15) is 19.5 Å². The predicted molar refractivity (Wildman–Crippen MR) is 125 cm³/mol. The minimum absolute atomic E-state index is 0.0255. The lowest BCUT2D eigenvalue weighted by Gasteiger charge is -2.29. The van der Waals surface area contributed by atoms with E-state index >= 15 is 0 Å². The van der Waals surface area contributed by atoms with Crippen LogP contribution < -0.4 is 10.6 Å². The monoisotopic (exact) mass is 466 g/mol. The molecule has 8 nitrogen and oxygen atoms in total. The number of hydrogen-bond donors (Lipinski definition) is 4. The number of aliphatic carboxylic acids is 1. The maximum atomic E-state index is 12.6. The van der Waals surface area contributed by atoms with E-state index in [1.54, 1.807) is 0 Å². The number of carboxylic acid groups (broad SMARTS) is 1. The molecule has 2 aliphatic carbocycles. The van der Waals surface area contributed by atoms with Gasteiger partial charge in [-0.3, -0.25) is 4.79 Å². The van der Waals surface area contributed by atoms with Crippen LogP contribution in [0.25, 0.3) is 11.1 Å². The number of carbonyl (C=O) groups is 3. The van der Waals surface area contributed by atoms with E-state index in [0.29, 0.717) is 12.8 Å². The van der Waals surface area contributed by atoms with Gasteiger partial charge in [-0.05, 0) is 41.5 Å². The SMILES string of the molecule is O=C(NC1CCCC(C(=O)NC(CCO)C(=O)O)C1)OCC1c2ccccc2-c2ccccc21. The first-order valence-corrected chi connectivity index (χ1v) is 11.7. The van der Waals surface area contributed by atoms with Crippen molar-refractivity contribution in [2.45, 2.75) is 50.1 Å². The molecule has 34 heavy (non-hydrogen) atoms. The van der Waals surface area contributed by atoms with Crippen molar-refractivity contribution < 1.29 is 29.3 Å². The summed E-state index contributed by atoms with van der Waals surface area (Å²) in [5, 5.41) is 23.6. The highest BCUT2D eigenvalue weighted by Crippen LogP contribution is 2.44. The molecular formula is C26H30N2O6. The van der Waals surface area contributed by atoms with Gasteiger partial charge in [-0.2, -0.15) is 0 Å². The summed E-state index contributed by atoms with van der Waals surface area (Å²) in [7, 11) is 0. The van der Waals surface area contributed by atoms with E-state index in [1.165, 1.54) is 0 Å². The number of fused-ring (bicyclic) bond motifs is 3. The highest BCUT2D eigenvalue weighted by molar-refractivity contribution is 5.85. The Hall–Kier alpha value is -3.39. The molecule has 0 spiro atoms. The Labute approximate surface area is 198 Å². The average Bonchev–Trinajstić information content (AvgIpc) is 3.16. The third kappa shape index (κ3) is 5.22. The van der Waals surface area contributed by atoms with Crippen molar-refractivity contribution in [1.82, 2.24) is 10.6 Å². The molecular weight excluding hydrogens is 436 g/mol. The molecule has 0 aliphatic heterocycles. The third-order valence-corrected chi connectivity index (χ3v) is 6.74. The van der Waals surface area contributed by atoms with E-state index in [4.69, 9.17) is 9.84 Å². The number of carbonyl (C=O) groups excluding carboxylic acids is 2. The van der Waals surface area contributed by atoms with Gasteiger partial charge in [0, 0.05) is 30.9 Å². The van der Waals surface area contributed by atoms with Crippen LogP contribution in [0.3, 0.4) is 0 Å². The Morgan fingerprint density at radius 2 is 1.65 bits per heavy atom. The molecule has 3 unspecified atom stereocenters. The van der Waals surface area contributed by atoms with E-state index in [-0.39, 0.29) is 37.5 Å². The van der Waals surface area contributed by atoms with E-state index < -0.39 is 24.0 Å². The minimum atomic E-state index is -1.17. The maximum Gasteiger partial charge on any atom is 0.407 e. The second kappa shape index (κ2) is 10.7. The van der Waals surface area contributed by atoms with Crippen molar-refractivity contribution in [3.8, 4) is 11.1 Å². The first kappa shape index (κ1) is 23.8. The number of amides is 2. The molecule has 2 amide bonds. The topological polar surface area (TPSA) is 125 Å². The Bertz CT molecular complexity index is 1010. The van der Waals surface area contributed by atoms with Gasteiger partial charge in [-0.15, -0.1) is 0 Å². The second-order valence-electron chi connectivity index (χ2n) is 8.94. The molecule has 2 aromatic rings. The van der Waals surface area contributed by atoms with Gasteiger partial charge in [0.15, 0.2) is 0 Å². The normalized spacial score (nSPS) is 20.0. The molecule has 4 N–H and O–H groups in total. The van der Waals surface area contributed by atoms with Crippen LogP contribution in [0, 0.1) is 5.92 Å². The van der Waals surface area contributed by atoms with Gasteiger partial charge in [-0.25, -0.2) is 9.59 Å². The molecule has 0 bridgehead atoms. The van der Waals surface area contributed by atoms with Gasteiger partial charge in [0.25, 0.3) is 0 Å². The van der Waals surface area contributed by atoms with E-state index in [1.807, 2.05) is 24.3 Å². The average molecular weight is 467 g/mol. The van der Waals surface area contributed by atoms with Gasteiger partial charge in [0.05, 0.1) is 0 Å². The van der Waals surface area contributed by atoms with Crippen molar-refractivity contribution in [1.29, 1.82) is 0 Å². The summed E-state index contributed by atoms with van der Waals surface area (Å²) >= 11 is 0. The molecule has 0 radical (unpaired) electrons.